The lowest BCUT2D eigenvalue weighted by Crippen LogP contribution is -2.40. The lowest BCUT2D eigenvalue weighted by atomic mass is 10.00. The average molecular weight is 480 g/mol. The molecule has 6 nitrogen and oxygen atoms in total. The van der Waals surface area contributed by atoms with E-state index in [0.29, 0.717) is 29.2 Å². The van der Waals surface area contributed by atoms with Crippen LogP contribution in [0.2, 0.25) is 5.02 Å². The van der Waals surface area contributed by atoms with Crippen LogP contribution in [0.4, 0.5) is 4.39 Å². The highest BCUT2D eigenvalue weighted by molar-refractivity contribution is 6.31. The van der Waals surface area contributed by atoms with Crippen LogP contribution in [0.25, 0.3) is 0 Å². The molecule has 1 fully saturated rings. The lowest BCUT2D eigenvalue weighted by Gasteiger charge is -2.31. The molecule has 2 aromatic rings. The normalized spacial score (nSPS) is 17.8. The van der Waals surface area contributed by atoms with Gasteiger partial charge in [-0.3, -0.25) is 4.79 Å². The van der Waals surface area contributed by atoms with Gasteiger partial charge in [-0.25, -0.2) is 4.39 Å². The minimum Gasteiger partial charge on any atom is -0.497 e. The van der Waals surface area contributed by atoms with E-state index in [2.05, 4.69) is 0 Å². The fourth-order valence-electron chi connectivity index (χ4n) is 3.77. The van der Waals surface area contributed by atoms with E-state index in [1.54, 1.807) is 45.3 Å². The van der Waals surface area contributed by atoms with Crippen LogP contribution in [-0.4, -0.2) is 44.0 Å². The summed E-state index contributed by atoms with van der Waals surface area (Å²) in [7, 11) is 3.26. The van der Waals surface area contributed by atoms with Gasteiger partial charge in [-0.15, -0.1) is 0 Å². The number of amides is 1. The first kappa shape index (κ1) is 25.3. The van der Waals surface area contributed by atoms with Crippen LogP contribution in [0.15, 0.2) is 36.4 Å². The highest BCUT2D eigenvalue weighted by Gasteiger charge is 2.28. The number of hydrogen-bond acceptors (Lipinski definition) is 5. The van der Waals surface area contributed by atoms with E-state index in [4.69, 9.17) is 30.5 Å². The summed E-state index contributed by atoms with van der Waals surface area (Å²) >= 11 is 6.38. The standard InChI is InChI=1S/C25H31ClFNO5/c1-16(28(3)25(29)17(2)33-24-7-5-6-12-31-24)21-13-18(27)14-23(26)22(21)15-32-20-10-8-19(30-4)9-11-20/h8-11,13-14,16-17,24H,5-7,12,15H2,1-4H3/t16-,17-,24?/m0/s1. The smallest absolute Gasteiger partial charge is 0.251 e. The van der Waals surface area contributed by atoms with Crippen LogP contribution >= 0.6 is 11.6 Å². The SMILES string of the molecule is COc1ccc(OCc2c(Cl)cc(F)cc2[C@H](C)N(C)C(=O)[C@H](C)OC2CCCCO2)cc1. The maximum Gasteiger partial charge on any atom is 0.251 e. The summed E-state index contributed by atoms with van der Waals surface area (Å²) in [6, 6.07) is 9.31. The first-order valence-electron chi connectivity index (χ1n) is 11.1. The van der Waals surface area contributed by atoms with E-state index in [-0.39, 0.29) is 23.8 Å². The van der Waals surface area contributed by atoms with Gasteiger partial charge in [0.2, 0.25) is 0 Å². The van der Waals surface area contributed by atoms with Crippen molar-refractivity contribution >= 4 is 17.5 Å². The van der Waals surface area contributed by atoms with Crippen molar-refractivity contribution in [1.82, 2.24) is 4.90 Å². The van der Waals surface area contributed by atoms with Crippen LogP contribution in [-0.2, 0) is 20.9 Å². The second-order valence-corrected chi connectivity index (χ2v) is 8.53. The molecule has 0 bridgehead atoms. The second kappa shape index (κ2) is 11.7. The van der Waals surface area contributed by atoms with Crippen molar-refractivity contribution in [2.75, 3.05) is 20.8 Å². The van der Waals surface area contributed by atoms with Gasteiger partial charge in [-0.2, -0.15) is 0 Å². The van der Waals surface area contributed by atoms with E-state index in [0.717, 1.165) is 19.3 Å². The largest absolute Gasteiger partial charge is 0.497 e. The molecule has 0 aromatic heterocycles. The van der Waals surface area contributed by atoms with Gasteiger partial charge in [0, 0.05) is 19.2 Å². The summed E-state index contributed by atoms with van der Waals surface area (Å²) in [5.41, 5.74) is 1.19. The summed E-state index contributed by atoms with van der Waals surface area (Å²) in [6.45, 7) is 4.28. The molecule has 1 unspecified atom stereocenters. The Hall–Kier alpha value is -2.35. The van der Waals surface area contributed by atoms with Gasteiger partial charge < -0.3 is 23.8 Å². The van der Waals surface area contributed by atoms with Gasteiger partial charge in [0.25, 0.3) is 5.91 Å². The molecule has 33 heavy (non-hydrogen) atoms. The molecule has 1 aliphatic heterocycles. The van der Waals surface area contributed by atoms with E-state index in [9.17, 15) is 9.18 Å². The molecule has 1 amide bonds. The summed E-state index contributed by atoms with van der Waals surface area (Å²) in [4.78, 5) is 14.6. The monoisotopic (exact) mass is 479 g/mol. The quantitative estimate of drug-likeness (QED) is 0.474. The molecule has 2 aromatic carbocycles. The molecule has 1 aliphatic rings. The molecule has 180 valence electrons. The molecule has 3 atom stereocenters. The summed E-state index contributed by atoms with van der Waals surface area (Å²) < 4.78 is 36.7. The van der Waals surface area contributed by atoms with Crippen molar-refractivity contribution in [3.05, 3.63) is 58.4 Å². The number of halogens is 2. The van der Waals surface area contributed by atoms with Gasteiger partial charge in [0.15, 0.2) is 6.29 Å². The van der Waals surface area contributed by atoms with Crippen molar-refractivity contribution in [3.8, 4) is 11.5 Å². The topological polar surface area (TPSA) is 57.2 Å². The third kappa shape index (κ3) is 6.59. The Balaban J connectivity index is 1.73. The Morgan fingerprint density at radius 3 is 2.55 bits per heavy atom. The van der Waals surface area contributed by atoms with Crippen LogP contribution in [0.5, 0.6) is 11.5 Å². The first-order chi connectivity index (χ1) is 15.8. The number of methoxy groups -OCH3 is 1. The van der Waals surface area contributed by atoms with Gasteiger partial charge in [-0.05, 0) is 75.1 Å². The van der Waals surface area contributed by atoms with E-state index < -0.39 is 18.0 Å². The molecule has 8 heteroatoms. The molecule has 0 saturated carbocycles. The van der Waals surface area contributed by atoms with Crippen LogP contribution in [0.3, 0.4) is 0 Å². The fourth-order valence-corrected chi connectivity index (χ4v) is 4.03. The predicted molar refractivity (Wildman–Crippen MR) is 124 cm³/mol. The number of ether oxygens (including phenoxy) is 4. The van der Waals surface area contributed by atoms with Gasteiger partial charge in [-0.1, -0.05) is 11.6 Å². The molecule has 0 radical (unpaired) electrons. The Labute approximate surface area is 199 Å². The third-order valence-electron chi connectivity index (χ3n) is 5.86. The molecule has 0 aliphatic carbocycles. The van der Waals surface area contributed by atoms with Crippen molar-refractivity contribution in [1.29, 1.82) is 0 Å². The van der Waals surface area contributed by atoms with Crippen LogP contribution < -0.4 is 9.47 Å². The lowest BCUT2D eigenvalue weighted by molar-refractivity contribution is -0.194. The van der Waals surface area contributed by atoms with E-state index in [1.165, 1.54) is 17.0 Å². The van der Waals surface area contributed by atoms with Crippen LogP contribution in [0, 0.1) is 5.82 Å². The first-order valence-corrected chi connectivity index (χ1v) is 11.5. The van der Waals surface area contributed by atoms with Crippen molar-refractivity contribution in [3.63, 3.8) is 0 Å². The number of rotatable bonds is 9. The number of likely N-dealkylation sites (N-methyl/N-ethyl adjacent to an activating group) is 1. The zero-order valence-electron chi connectivity index (χ0n) is 19.5. The summed E-state index contributed by atoms with van der Waals surface area (Å²) in [5.74, 6) is 0.634. The molecule has 0 N–H and O–H groups in total. The molecule has 1 saturated heterocycles. The maximum atomic E-state index is 14.3. The molecule has 3 rings (SSSR count). The maximum absolute atomic E-state index is 14.3. The van der Waals surface area contributed by atoms with Crippen LogP contribution in [0.1, 0.15) is 50.3 Å². The number of hydrogen-bond donors (Lipinski definition) is 0. The second-order valence-electron chi connectivity index (χ2n) is 8.12. The summed E-state index contributed by atoms with van der Waals surface area (Å²) in [5, 5.41) is 0.242. The number of carbonyl (C=O) groups is 1. The Bertz CT molecular complexity index is 933. The highest BCUT2D eigenvalue weighted by Crippen LogP contribution is 2.31. The number of nitrogens with zero attached hydrogens (tertiary/aromatic N) is 1. The van der Waals surface area contributed by atoms with Gasteiger partial charge in [0.1, 0.15) is 30.0 Å². The Morgan fingerprint density at radius 1 is 1.21 bits per heavy atom. The van der Waals surface area contributed by atoms with Crippen molar-refractivity contribution in [2.24, 2.45) is 0 Å². The zero-order chi connectivity index (χ0) is 24.0. The zero-order valence-corrected chi connectivity index (χ0v) is 20.2. The van der Waals surface area contributed by atoms with Crippen molar-refractivity contribution < 1.29 is 28.1 Å². The average Bonchev–Trinajstić information content (AvgIpc) is 2.82. The Kier molecular flexibility index (Phi) is 8.95. The highest BCUT2D eigenvalue weighted by atomic mass is 35.5. The predicted octanol–water partition coefficient (Wildman–Crippen LogP) is 5.52. The van der Waals surface area contributed by atoms with E-state index in [1.807, 2.05) is 6.92 Å². The third-order valence-corrected chi connectivity index (χ3v) is 6.19. The minimum atomic E-state index is -0.691. The number of carbonyl (C=O) groups excluding carboxylic acids is 1. The van der Waals surface area contributed by atoms with E-state index >= 15 is 0 Å². The molecular formula is C25H31ClFNO5. The minimum absolute atomic E-state index is 0.120. The fraction of sp³-hybridized carbons (Fsp3) is 0.480. The number of benzene rings is 2. The van der Waals surface area contributed by atoms with Gasteiger partial charge in [0.05, 0.1) is 18.2 Å². The molecule has 0 spiro atoms. The molecule has 1 heterocycles. The van der Waals surface area contributed by atoms with Crippen molar-refractivity contribution in [2.45, 2.75) is 58.2 Å². The molecular weight excluding hydrogens is 449 g/mol. The van der Waals surface area contributed by atoms with Gasteiger partial charge >= 0.3 is 0 Å². The summed E-state index contributed by atoms with van der Waals surface area (Å²) in [6.07, 6.45) is 1.71. The Morgan fingerprint density at radius 2 is 1.91 bits per heavy atom.